The normalized spacial score (nSPS) is 20.6. The molecule has 5 N–H and O–H groups in total. The summed E-state index contributed by atoms with van der Waals surface area (Å²) < 4.78 is 12.7. The lowest BCUT2D eigenvalue weighted by molar-refractivity contribution is -0.130. The third-order valence-corrected chi connectivity index (χ3v) is 4.34. The zero-order valence-corrected chi connectivity index (χ0v) is 11.6. The molecule has 1 saturated heterocycles. The fourth-order valence-corrected chi connectivity index (χ4v) is 3.10. The second-order valence-electron chi connectivity index (χ2n) is 4.70. The van der Waals surface area contributed by atoms with Gasteiger partial charge in [-0.2, -0.15) is 0 Å². The SMILES string of the molecule is NP(N)(=O)N1CCC[C@H](NCc2ccccc2)C1=O. The van der Waals surface area contributed by atoms with E-state index in [1.807, 2.05) is 30.3 Å². The molecule has 1 aromatic rings. The summed E-state index contributed by atoms with van der Waals surface area (Å²) in [7, 11) is -3.49. The van der Waals surface area contributed by atoms with Crippen LogP contribution in [0, 0.1) is 0 Å². The third kappa shape index (κ3) is 3.64. The molecule has 0 unspecified atom stereocenters. The Bertz CT molecular complexity index is 488. The van der Waals surface area contributed by atoms with Gasteiger partial charge in [0.1, 0.15) is 0 Å². The Hall–Kier alpha value is -1.20. The first-order chi connectivity index (χ1) is 8.98. The van der Waals surface area contributed by atoms with Gasteiger partial charge in [-0.25, -0.2) is 0 Å². The van der Waals surface area contributed by atoms with Crippen LogP contribution in [0.5, 0.6) is 0 Å². The van der Waals surface area contributed by atoms with E-state index >= 15 is 0 Å². The van der Waals surface area contributed by atoms with E-state index in [0.29, 0.717) is 19.5 Å². The second-order valence-corrected chi connectivity index (χ2v) is 6.52. The standard InChI is InChI=1S/C12H19N4O2P/c13-19(14,18)16-8-4-7-11(12(16)17)15-9-10-5-2-1-3-6-10/h1-3,5-6,11,15H,4,7-9H2,(H4,13,14,18)/t11-/m0/s1. The van der Waals surface area contributed by atoms with E-state index in [2.05, 4.69) is 5.32 Å². The minimum absolute atomic E-state index is 0.268. The molecule has 1 heterocycles. The maximum Gasteiger partial charge on any atom is 0.302 e. The van der Waals surface area contributed by atoms with Crippen LogP contribution in [0.4, 0.5) is 0 Å². The number of nitrogens with one attached hydrogen (secondary N) is 1. The molecule has 1 aliphatic rings. The molecule has 0 aromatic heterocycles. The zero-order valence-electron chi connectivity index (χ0n) is 10.7. The number of benzene rings is 1. The van der Waals surface area contributed by atoms with Gasteiger partial charge >= 0.3 is 7.59 Å². The highest BCUT2D eigenvalue weighted by Crippen LogP contribution is 2.35. The molecule has 1 amide bonds. The molecule has 6 nitrogen and oxygen atoms in total. The summed E-state index contributed by atoms with van der Waals surface area (Å²) in [5, 5.41) is 3.17. The summed E-state index contributed by atoms with van der Waals surface area (Å²) in [6, 6.07) is 9.43. The van der Waals surface area contributed by atoms with E-state index in [1.54, 1.807) is 0 Å². The van der Waals surface area contributed by atoms with E-state index in [0.717, 1.165) is 16.7 Å². The summed E-state index contributed by atoms with van der Waals surface area (Å²) in [5.74, 6) is -0.268. The Kier molecular flexibility index (Phi) is 4.37. The van der Waals surface area contributed by atoms with Crippen LogP contribution in [0.3, 0.4) is 0 Å². The van der Waals surface area contributed by atoms with E-state index in [-0.39, 0.29) is 11.9 Å². The smallest absolute Gasteiger partial charge is 0.302 e. The summed E-state index contributed by atoms with van der Waals surface area (Å²) in [5.41, 5.74) is 11.9. The Morgan fingerprint density at radius 3 is 2.63 bits per heavy atom. The summed E-state index contributed by atoms with van der Waals surface area (Å²) in [4.78, 5) is 12.1. The molecular weight excluding hydrogens is 263 g/mol. The number of hydrogen-bond acceptors (Lipinski definition) is 3. The summed E-state index contributed by atoms with van der Waals surface area (Å²) in [6.45, 7) is 0.956. The molecule has 0 bridgehead atoms. The molecular formula is C12H19N4O2P. The van der Waals surface area contributed by atoms with Gasteiger partial charge in [0.05, 0.1) is 6.04 Å². The van der Waals surface area contributed by atoms with E-state index in [1.165, 1.54) is 0 Å². The van der Waals surface area contributed by atoms with Crippen molar-refractivity contribution < 1.29 is 9.36 Å². The van der Waals surface area contributed by atoms with Gasteiger partial charge in [0.15, 0.2) is 0 Å². The van der Waals surface area contributed by atoms with Gasteiger partial charge in [-0.3, -0.25) is 25.0 Å². The quantitative estimate of drug-likeness (QED) is 0.709. The highest BCUT2D eigenvalue weighted by molar-refractivity contribution is 7.57. The van der Waals surface area contributed by atoms with E-state index in [9.17, 15) is 9.36 Å². The molecule has 19 heavy (non-hydrogen) atoms. The molecule has 1 atom stereocenters. The number of carbonyl (C=O) groups excluding carboxylic acids is 1. The van der Waals surface area contributed by atoms with Crippen molar-refractivity contribution >= 4 is 13.5 Å². The lowest BCUT2D eigenvalue weighted by Gasteiger charge is -2.34. The molecule has 1 fully saturated rings. The Labute approximate surface area is 112 Å². The highest BCUT2D eigenvalue weighted by atomic mass is 31.2. The predicted octanol–water partition coefficient (Wildman–Crippen LogP) is 0.793. The maximum absolute atomic E-state index is 12.1. The van der Waals surface area contributed by atoms with E-state index in [4.69, 9.17) is 11.0 Å². The Balaban J connectivity index is 1.97. The van der Waals surface area contributed by atoms with Crippen molar-refractivity contribution in [3.05, 3.63) is 35.9 Å². The number of hydrogen-bond donors (Lipinski definition) is 3. The molecule has 1 aliphatic heterocycles. The lowest BCUT2D eigenvalue weighted by Crippen LogP contribution is -2.50. The summed E-state index contributed by atoms with van der Waals surface area (Å²) >= 11 is 0. The molecule has 2 rings (SSSR count). The van der Waals surface area contributed by atoms with Crippen LogP contribution < -0.4 is 16.3 Å². The van der Waals surface area contributed by atoms with Crippen LogP contribution in [0.15, 0.2) is 30.3 Å². The van der Waals surface area contributed by atoms with Crippen LogP contribution in [0.2, 0.25) is 0 Å². The fraction of sp³-hybridized carbons (Fsp3) is 0.417. The lowest BCUT2D eigenvalue weighted by atomic mass is 10.1. The number of amides is 1. The van der Waals surface area contributed by atoms with Gasteiger partial charge in [-0.15, -0.1) is 0 Å². The van der Waals surface area contributed by atoms with Crippen LogP contribution in [-0.2, 0) is 15.9 Å². The van der Waals surface area contributed by atoms with Crippen LogP contribution in [0.1, 0.15) is 18.4 Å². The van der Waals surface area contributed by atoms with Crippen LogP contribution >= 0.6 is 7.59 Å². The maximum atomic E-state index is 12.1. The molecule has 104 valence electrons. The summed E-state index contributed by atoms with van der Waals surface area (Å²) in [6.07, 6.45) is 1.46. The predicted molar refractivity (Wildman–Crippen MR) is 74.0 cm³/mol. The first kappa shape index (κ1) is 14.2. The number of piperidine rings is 1. The topological polar surface area (TPSA) is 101 Å². The number of rotatable bonds is 4. The molecule has 0 spiro atoms. The minimum Gasteiger partial charge on any atom is -0.302 e. The molecule has 1 aromatic carbocycles. The first-order valence-electron chi connectivity index (χ1n) is 6.25. The Morgan fingerprint density at radius 2 is 2.00 bits per heavy atom. The van der Waals surface area contributed by atoms with Crippen molar-refractivity contribution in [3.8, 4) is 0 Å². The van der Waals surface area contributed by atoms with Crippen molar-refractivity contribution in [2.75, 3.05) is 6.54 Å². The largest absolute Gasteiger partial charge is 0.302 e. The van der Waals surface area contributed by atoms with Gasteiger partial charge in [-0.1, -0.05) is 30.3 Å². The van der Waals surface area contributed by atoms with Crippen molar-refractivity contribution in [3.63, 3.8) is 0 Å². The van der Waals surface area contributed by atoms with Crippen molar-refractivity contribution in [1.82, 2.24) is 9.99 Å². The average Bonchev–Trinajstić information content (AvgIpc) is 2.37. The van der Waals surface area contributed by atoms with Gasteiger partial charge in [0.25, 0.3) is 0 Å². The monoisotopic (exact) mass is 282 g/mol. The molecule has 0 aliphatic carbocycles. The van der Waals surface area contributed by atoms with Crippen molar-refractivity contribution in [2.45, 2.75) is 25.4 Å². The molecule has 7 heteroatoms. The second kappa shape index (κ2) is 5.84. The van der Waals surface area contributed by atoms with Gasteiger partial charge in [-0.05, 0) is 18.4 Å². The fourth-order valence-electron chi connectivity index (χ4n) is 2.20. The minimum atomic E-state index is -3.49. The molecule has 0 radical (unpaired) electrons. The Morgan fingerprint density at radius 1 is 1.32 bits per heavy atom. The van der Waals surface area contributed by atoms with Gasteiger partial charge in [0, 0.05) is 13.1 Å². The van der Waals surface area contributed by atoms with Crippen molar-refractivity contribution in [2.24, 2.45) is 11.0 Å². The van der Waals surface area contributed by atoms with Crippen molar-refractivity contribution in [1.29, 1.82) is 0 Å². The van der Waals surface area contributed by atoms with Crippen LogP contribution in [0.25, 0.3) is 0 Å². The van der Waals surface area contributed by atoms with Gasteiger partial charge in [0.2, 0.25) is 5.91 Å². The number of carbonyl (C=O) groups is 1. The van der Waals surface area contributed by atoms with Gasteiger partial charge < -0.3 is 5.32 Å². The zero-order chi connectivity index (χ0) is 13.9. The first-order valence-corrected chi connectivity index (χ1v) is 8.04. The number of nitrogens with zero attached hydrogens (tertiary/aromatic N) is 1. The van der Waals surface area contributed by atoms with Crippen LogP contribution in [-0.4, -0.2) is 23.2 Å². The van der Waals surface area contributed by atoms with E-state index < -0.39 is 7.59 Å². The number of nitrogens with two attached hydrogens (primary N) is 2. The highest BCUT2D eigenvalue weighted by Gasteiger charge is 2.35. The third-order valence-electron chi connectivity index (χ3n) is 3.19. The average molecular weight is 282 g/mol. The molecule has 0 saturated carbocycles.